The summed E-state index contributed by atoms with van der Waals surface area (Å²) in [7, 11) is 0. The molecule has 0 fully saturated rings. The first-order chi connectivity index (χ1) is 13.8. The number of hydrogen-bond donors (Lipinski definition) is 4. The number of carbonyl (C=O) groups excluding carboxylic acids is 2. The van der Waals surface area contributed by atoms with Crippen LogP contribution in [0.5, 0.6) is 0 Å². The molecule has 0 aromatic heterocycles. The Morgan fingerprint density at radius 3 is 2.38 bits per heavy atom. The lowest BCUT2D eigenvalue weighted by Gasteiger charge is -2.23. The van der Waals surface area contributed by atoms with Crippen LogP contribution in [0.4, 0.5) is 11.4 Å². The smallest absolute Gasteiger partial charge is 0.269 e. The van der Waals surface area contributed by atoms with Gasteiger partial charge in [-0.25, -0.2) is 0 Å². The Bertz CT molecular complexity index is 970. The van der Waals surface area contributed by atoms with Crippen molar-refractivity contribution in [2.24, 2.45) is 5.18 Å². The van der Waals surface area contributed by atoms with Gasteiger partial charge in [0.1, 0.15) is 17.8 Å². The van der Waals surface area contributed by atoms with Gasteiger partial charge in [-0.05, 0) is 61.0 Å². The van der Waals surface area contributed by atoms with Crippen molar-refractivity contribution in [2.75, 3.05) is 5.32 Å². The summed E-state index contributed by atoms with van der Waals surface area (Å²) in [6, 6.07) is 9.40. The zero-order chi connectivity index (χ0) is 21.6. The van der Waals surface area contributed by atoms with E-state index in [1.165, 1.54) is 37.3 Å². The van der Waals surface area contributed by atoms with Crippen LogP contribution >= 0.6 is 11.6 Å². The fraction of sp³-hybridized carbons (Fsp3) is 0.211. The van der Waals surface area contributed by atoms with Crippen molar-refractivity contribution < 1.29 is 14.7 Å². The van der Waals surface area contributed by atoms with Gasteiger partial charge in [-0.2, -0.15) is 5.26 Å². The minimum atomic E-state index is -1.11. The maximum atomic E-state index is 12.5. The monoisotopic (exact) mass is 415 g/mol. The minimum Gasteiger partial charge on any atom is -0.391 e. The number of nitrogens with one attached hydrogen (secondary N) is 3. The second-order valence-corrected chi connectivity index (χ2v) is 6.53. The summed E-state index contributed by atoms with van der Waals surface area (Å²) in [5.74, 6) is -1.31. The number of carbonyl (C=O) groups is 2. The molecule has 2 atom stereocenters. The molecule has 0 aliphatic heterocycles. The number of hydrogen-bond acceptors (Lipinski definition) is 7. The molecule has 2 aromatic carbocycles. The highest BCUT2D eigenvalue weighted by atomic mass is 35.5. The quantitative estimate of drug-likeness (QED) is 0.421. The summed E-state index contributed by atoms with van der Waals surface area (Å²) < 4.78 is 0. The number of benzene rings is 2. The predicted octanol–water partition coefficient (Wildman–Crippen LogP) is 2.54. The molecule has 9 nitrogen and oxygen atoms in total. The van der Waals surface area contributed by atoms with E-state index in [1.807, 2.05) is 6.07 Å². The van der Waals surface area contributed by atoms with E-state index < -0.39 is 24.0 Å². The van der Waals surface area contributed by atoms with E-state index in [2.05, 4.69) is 21.3 Å². The summed E-state index contributed by atoms with van der Waals surface area (Å²) in [5, 5.41) is 24.8. The summed E-state index contributed by atoms with van der Waals surface area (Å²) >= 11 is 6.12. The highest BCUT2D eigenvalue weighted by molar-refractivity contribution is 6.32. The van der Waals surface area contributed by atoms with Crippen molar-refractivity contribution in [3.05, 3.63) is 63.0 Å². The fourth-order valence-corrected chi connectivity index (χ4v) is 2.65. The third-order valence-electron chi connectivity index (χ3n) is 4.12. The molecule has 29 heavy (non-hydrogen) atoms. The molecular weight excluding hydrogens is 398 g/mol. The Morgan fingerprint density at radius 1 is 1.17 bits per heavy atom. The zero-order valence-corrected chi connectivity index (χ0v) is 16.3. The molecule has 150 valence electrons. The molecule has 0 bridgehead atoms. The molecule has 10 heteroatoms. The van der Waals surface area contributed by atoms with Crippen molar-refractivity contribution >= 4 is 34.8 Å². The van der Waals surface area contributed by atoms with Crippen LogP contribution in [0.3, 0.4) is 0 Å². The van der Waals surface area contributed by atoms with Crippen LogP contribution in [0.2, 0.25) is 5.02 Å². The molecule has 2 rings (SSSR count). The first-order valence-corrected chi connectivity index (χ1v) is 8.83. The maximum absolute atomic E-state index is 12.5. The topological polar surface area (TPSA) is 144 Å². The van der Waals surface area contributed by atoms with Crippen molar-refractivity contribution in [3.8, 4) is 6.07 Å². The Morgan fingerprint density at radius 2 is 1.83 bits per heavy atom. The number of nitrogens with zero attached hydrogens (tertiary/aromatic N) is 2. The standard InChI is InChI=1S/C19H18ClN5O4/c1-10-15(8-5-13(9-21)16(10)20)22-17(11(2)26)19(28)24-23-18(27)12-3-6-14(25-29)7-4-12/h3-8,11,17,22,26H,1-2H3,(H,23,27)(H,24,28)/t11-,17?/m0/s1. The van der Waals surface area contributed by atoms with Crippen LogP contribution in [0.25, 0.3) is 0 Å². The fourth-order valence-electron chi connectivity index (χ4n) is 2.44. The molecule has 2 amide bonds. The van der Waals surface area contributed by atoms with Crippen molar-refractivity contribution in [2.45, 2.75) is 26.0 Å². The third-order valence-corrected chi connectivity index (χ3v) is 4.60. The summed E-state index contributed by atoms with van der Waals surface area (Å²) in [4.78, 5) is 35.0. The van der Waals surface area contributed by atoms with E-state index in [9.17, 15) is 19.6 Å². The first kappa shape index (κ1) is 21.8. The molecule has 0 aliphatic carbocycles. The molecule has 0 aliphatic rings. The molecule has 0 radical (unpaired) electrons. The van der Waals surface area contributed by atoms with Crippen molar-refractivity contribution in [3.63, 3.8) is 0 Å². The number of hydrazine groups is 1. The van der Waals surface area contributed by atoms with Crippen LogP contribution in [0.1, 0.15) is 28.4 Å². The van der Waals surface area contributed by atoms with Gasteiger partial charge in [-0.1, -0.05) is 11.6 Å². The van der Waals surface area contributed by atoms with E-state index in [0.29, 0.717) is 11.3 Å². The molecule has 0 heterocycles. The maximum Gasteiger partial charge on any atom is 0.269 e. The highest BCUT2D eigenvalue weighted by Gasteiger charge is 2.25. The number of halogens is 1. The number of nitriles is 1. The lowest BCUT2D eigenvalue weighted by atomic mass is 10.1. The molecule has 2 aromatic rings. The van der Waals surface area contributed by atoms with Gasteiger partial charge in [0.2, 0.25) is 0 Å². The second kappa shape index (κ2) is 9.64. The zero-order valence-electron chi connectivity index (χ0n) is 15.6. The lowest BCUT2D eigenvalue weighted by molar-refractivity contribution is -0.124. The van der Waals surface area contributed by atoms with Gasteiger partial charge in [-0.3, -0.25) is 20.4 Å². The van der Waals surface area contributed by atoms with Gasteiger partial charge in [-0.15, -0.1) is 4.91 Å². The summed E-state index contributed by atoms with van der Waals surface area (Å²) in [6.45, 7) is 3.08. The van der Waals surface area contributed by atoms with E-state index >= 15 is 0 Å². The Kier molecular flexibility index (Phi) is 7.25. The van der Waals surface area contributed by atoms with Crippen LogP contribution in [-0.4, -0.2) is 29.1 Å². The Balaban J connectivity index is 2.08. The molecule has 0 saturated carbocycles. The van der Waals surface area contributed by atoms with Crippen LogP contribution in [-0.2, 0) is 4.79 Å². The van der Waals surface area contributed by atoms with Gasteiger partial charge >= 0.3 is 0 Å². The van der Waals surface area contributed by atoms with Gasteiger partial charge < -0.3 is 10.4 Å². The molecule has 1 unspecified atom stereocenters. The lowest BCUT2D eigenvalue weighted by Crippen LogP contribution is -2.52. The van der Waals surface area contributed by atoms with Gasteiger partial charge in [0.15, 0.2) is 0 Å². The third kappa shape index (κ3) is 5.28. The van der Waals surface area contributed by atoms with E-state index in [-0.39, 0.29) is 21.8 Å². The largest absolute Gasteiger partial charge is 0.391 e. The van der Waals surface area contributed by atoms with E-state index in [0.717, 1.165) is 0 Å². The Labute approximate surface area is 171 Å². The average Bonchev–Trinajstić information content (AvgIpc) is 2.72. The van der Waals surface area contributed by atoms with Crippen molar-refractivity contribution in [1.29, 1.82) is 5.26 Å². The summed E-state index contributed by atoms with van der Waals surface area (Å²) in [6.07, 6.45) is -1.11. The SMILES string of the molecule is Cc1c(NC(C(=O)NNC(=O)c2ccc(N=O)cc2)[C@H](C)O)ccc(C#N)c1Cl. The molecule has 0 spiro atoms. The highest BCUT2D eigenvalue weighted by Crippen LogP contribution is 2.27. The van der Waals surface area contributed by atoms with Crippen LogP contribution < -0.4 is 16.2 Å². The van der Waals surface area contributed by atoms with Crippen LogP contribution in [0, 0.1) is 23.2 Å². The second-order valence-electron chi connectivity index (χ2n) is 6.16. The molecule has 0 saturated heterocycles. The Hall–Kier alpha value is -3.48. The van der Waals surface area contributed by atoms with E-state index in [4.69, 9.17) is 16.9 Å². The first-order valence-electron chi connectivity index (χ1n) is 8.46. The average molecular weight is 416 g/mol. The number of nitroso groups, excluding NO2 is 1. The number of aliphatic hydroxyl groups excluding tert-OH is 1. The number of anilines is 1. The number of amides is 2. The van der Waals surface area contributed by atoms with Gasteiger partial charge in [0.25, 0.3) is 11.8 Å². The normalized spacial score (nSPS) is 12.2. The van der Waals surface area contributed by atoms with Gasteiger partial charge in [0.05, 0.1) is 16.7 Å². The molecular formula is C19H18ClN5O4. The predicted molar refractivity (Wildman–Crippen MR) is 108 cm³/mol. The minimum absolute atomic E-state index is 0.167. The number of rotatable bonds is 6. The van der Waals surface area contributed by atoms with Crippen molar-refractivity contribution in [1.82, 2.24) is 10.9 Å². The molecule has 4 N–H and O–H groups in total. The summed E-state index contributed by atoms with van der Waals surface area (Å²) in [5.41, 5.74) is 6.12. The van der Waals surface area contributed by atoms with Gasteiger partial charge in [0, 0.05) is 11.3 Å². The van der Waals surface area contributed by atoms with E-state index in [1.54, 1.807) is 13.0 Å². The number of aliphatic hydroxyl groups is 1. The van der Waals surface area contributed by atoms with Crippen LogP contribution in [0.15, 0.2) is 41.6 Å².